The van der Waals surface area contributed by atoms with E-state index in [-0.39, 0.29) is 24.3 Å². The molecule has 1 fully saturated rings. The smallest absolute Gasteiger partial charge is 0.223 e. The number of piperazine rings is 1. The summed E-state index contributed by atoms with van der Waals surface area (Å²) in [4.78, 5) is 30.6. The Labute approximate surface area is 259 Å². The van der Waals surface area contributed by atoms with E-state index in [0.717, 1.165) is 18.7 Å². The third kappa shape index (κ3) is 8.42. The van der Waals surface area contributed by atoms with Crippen LogP contribution in [0.1, 0.15) is 49.4 Å². The Bertz CT molecular complexity index is 1350. The number of nitrogens with zero attached hydrogens (tertiary/aromatic N) is 2. The quantitative estimate of drug-likeness (QED) is 0.284. The minimum Gasteiger partial charge on any atom is -0.493 e. The SMILES string of the molecule is COc1cc(CNC(=O)CC(C)(C)CC(=O)N2CCN(C(c3ccccc3)c3ccc(Cl)cc3)CC2)cc(OC)c1OC. The maximum atomic E-state index is 13.4. The van der Waals surface area contributed by atoms with Crippen molar-refractivity contribution in [2.75, 3.05) is 47.5 Å². The minimum atomic E-state index is -0.497. The second-order valence-corrected chi connectivity index (χ2v) is 12.0. The molecule has 3 aromatic rings. The summed E-state index contributed by atoms with van der Waals surface area (Å²) in [5.41, 5.74) is 2.71. The number of rotatable bonds is 12. The van der Waals surface area contributed by atoms with Gasteiger partial charge in [-0.25, -0.2) is 0 Å². The predicted molar refractivity (Wildman–Crippen MR) is 169 cm³/mol. The monoisotopic (exact) mass is 607 g/mol. The maximum absolute atomic E-state index is 13.4. The number of methoxy groups -OCH3 is 3. The highest BCUT2D eigenvalue weighted by Gasteiger charge is 2.32. The molecular formula is C34H42ClN3O5. The summed E-state index contributed by atoms with van der Waals surface area (Å²) in [5, 5.41) is 3.68. The fourth-order valence-corrected chi connectivity index (χ4v) is 5.77. The number of ether oxygens (including phenoxy) is 3. The van der Waals surface area contributed by atoms with Gasteiger partial charge in [-0.1, -0.05) is 67.9 Å². The summed E-state index contributed by atoms with van der Waals surface area (Å²) >= 11 is 6.17. The van der Waals surface area contributed by atoms with Crippen LogP contribution < -0.4 is 19.5 Å². The van der Waals surface area contributed by atoms with Crippen molar-refractivity contribution in [3.05, 3.63) is 88.4 Å². The summed E-state index contributed by atoms with van der Waals surface area (Å²) in [6.45, 7) is 7.02. The van der Waals surface area contributed by atoms with Crippen LogP contribution in [-0.2, 0) is 16.1 Å². The molecule has 0 spiro atoms. The van der Waals surface area contributed by atoms with Gasteiger partial charge >= 0.3 is 0 Å². The summed E-state index contributed by atoms with van der Waals surface area (Å²) in [7, 11) is 4.66. The average Bonchev–Trinajstić information content (AvgIpc) is 3.00. The standard InChI is InChI=1S/C34H42ClN3O5/c1-34(2,21-30(39)36-23-24-19-28(41-3)33(43-5)29(20-24)42-4)22-31(40)37-15-17-38(18-16-37)32(25-9-7-6-8-10-25)26-11-13-27(35)14-12-26/h6-14,19-20,32H,15-18,21-23H2,1-5H3,(H,36,39). The molecule has 1 heterocycles. The number of amides is 2. The van der Waals surface area contributed by atoms with E-state index in [1.54, 1.807) is 21.3 Å². The molecule has 230 valence electrons. The summed E-state index contributed by atoms with van der Waals surface area (Å²) in [6.07, 6.45) is 0.527. The second kappa shape index (κ2) is 14.6. The average molecular weight is 608 g/mol. The van der Waals surface area contributed by atoms with Crippen LogP contribution in [0.2, 0.25) is 5.02 Å². The van der Waals surface area contributed by atoms with Crippen LogP contribution in [0.25, 0.3) is 0 Å². The Morgan fingerprint density at radius 3 is 1.98 bits per heavy atom. The molecule has 0 aliphatic carbocycles. The summed E-state index contributed by atoms with van der Waals surface area (Å²) in [6, 6.07) is 22.1. The van der Waals surface area contributed by atoms with Crippen molar-refractivity contribution in [3.63, 3.8) is 0 Å². The number of hydrogen-bond acceptors (Lipinski definition) is 6. The molecule has 1 unspecified atom stereocenters. The van der Waals surface area contributed by atoms with E-state index in [1.807, 2.05) is 49.1 Å². The van der Waals surface area contributed by atoms with Gasteiger partial charge in [0.1, 0.15) is 0 Å². The second-order valence-electron chi connectivity index (χ2n) is 11.6. The van der Waals surface area contributed by atoms with Crippen molar-refractivity contribution < 1.29 is 23.8 Å². The molecule has 9 heteroatoms. The number of halogens is 1. The van der Waals surface area contributed by atoms with Crippen LogP contribution in [0.4, 0.5) is 0 Å². The third-order valence-corrected chi connectivity index (χ3v) is 8.07. The van der Waals surface area contributed by atoms with E-state index in [9.17, 15) is 9.59 Å². The predicted octanol–water partition coefficient (Wildman–Crippen LogP) is 5.72. The van der Waals surface area contributed by atoms with Crippen molar-refractivity contribution in [3.8, 4) is 17.2 Å². The van der Waals surface area contributed by atoms with Gasteiger partial charge < -0.3 is 24.4 Å². The molecule has 1 aliphatic heterocycles. The minimum absolute atomic E-state index is 0.0739. The fourth-order valence-electron chi connectivity index (χ4n) is 5.64. The van der Waals surface area contributed by atoms with E-state index in [2.05, 4.69) is 46.6 Å². The molecule has 4 rings (SSSR count). The Balaban J connectivity index is 1.31. The van der Waals surface area contributed by atoms with Gasteiger partial charge in [-0.3, -0.25) is 14.5 Å². The fraction of sp³-hybridized carbons (Fsp3) is 0.412. The zero-order valence-electron chi connectivity index (χ0n) is 25.7. The molecule has 3 aromatic carbocycles. The largest absolute Gasteiger partial charge is 0.493 e. The van der Waals surface area contributed by atoms with E-state index in [0.29, 0.717) is 48.3 Å². The lowest BCUT2D eigenvalue weighted by molar-refractivity contribution is -0.136. The van der Waals surface area contributed by atoms with Crippen LogP contribution in [0.5, 0.6) is 17.2 Å². The molecular weight excluding hydrogens is 566 g/mol. The van der Waals surface area contributed by atoms with Crippen molar-refractivity contribution in [1.29, 1.82) is 0 Å². The van der Waals surface area contributed by atoms with Gasteiger partial charge in [0.15, 0.2) is 11.5 Å². The van der Waals surface area contributed by atoms with Crippen LogP contribution in [-0.4, -0.2) is 69.1 Å². The van der Waals surface area contributed by atoms with Crippen LogP contribution in [0.15, 0.2) is 66.7 Å². The highest BCUT2D eigenvalue weighted by molar-refractivity contribution is 6.30. The van der Waals surface area contributed by atoms with Crippen molar-refractivity contribution in [1.82, 2.24) is 15.1 Å². The first-order valence-corrected chi connectivity index (χ1v) is 14.9. The zero-order valence-corrected chi connectivity index (χ0v) is 26.4. The summed E-state index contributed by atoms with van der Waals surface area (Å²) in [5.74, 6) is 1.51. The lowest BCUT2D eigenvalue weighted by Gasteiger charge is -2.40. The van der Waals surface area contributed by atoms with Crippen LogP contribution in [0, 0.1) is 5.41 Å². The Morgan fingerprint density at radius 1 is 0.837 bits per heavy atom. The summed E-state index contributed by atoms with van der Waals surface area (Å²) < 4.78 is 16.2. The highest BCUT2D eigenvalue weighted by atomic mass is 35.5. The number of carbonyl (C=O) groups excluding carboxylic acids is 2. The van der Waals surface area contributed by atoms with Crippen LogP contribution in [0.3, 0.4) is 0 Å². The molecule has 0 radical (unpaired) electrons. The van der Waals surface area contributed by atoms with Crippen molar-refractivity contribution >= 4 is 23.4 Å². The van der Waals surface area contributed by atoms with E-state index >= 15 is 0 Å². The first-order valence-electron chi connectivity index (χ1n) is 14.5. The molecule has 1 atom stereocenters. The lowest BCUT2D eigenvalue weighted by Crippen LogP contribution is -2.50. The van der Waals surface area contributed by atoms with Gasteiger partial charge in [0, 0.05) is 50.6 Å². The van der Waals surface area contributed by atoms with Gasteiger partial charge in [-0.15, -0.1) is 0 Å². The van der Waals surface area contributed by atoms with Crippen molar-refractivity contribution in [2.24, 2.45) is 5.41 Å². The lowest BCUT2D eigenvalue weighted by atomic mass is 9.84. The third-order valence-electron chi connectivity index (χ3n) is 7.82. The number of hydrogen-bond donors (Lipinski definition) is 1. The first kappa shape index (κ1) is 32.2. The van der Waals surface area contributed by atoms with Crippen LogP contribution >= 0.6 is 11.6 Å². The number of benzene rings is 3. The molecule has 0 saturated carbocycles. The normalized spacial score (nSPS) is 14.6. The Morgan fingerprint density at radius 2 is 1.42 bits per heavy atom. The molecule has 0 bridgehead atoms. The van der Waals surface area contributed by atoms with Gasteiger partial charge in [0.05, 0.1) is 27.4 Å². The molecule has 0 aromatic heterocycles. The van der Waals surface area contributed by atoms with E-state index < -0.39 is 5.41 Å². The van der Waals surface area contributed by atoms with E-state index in [1.165, 1.54) is 11.1 Å². The van der Waals surface area contributed by atoms with Gasteiger partial charge in [-0.2, -0.15) is 0 Å². The maximum Gasteiger partial charge on any atom is 0.223 e. The molecule has 2 amide bonds. The molecule has 1 saturated heterocycles. The van der Waals surface area contributed by atoms with Gasteiger partial charge in [-0.05, 0) is 46.4 Å². The molecule has 43 heavy (non-hydrogen) atoms. The van der Waals surface area contributed by atoms with Gasteiger partial charge in [0.25, 0.3) is 0 Å². The number of nitrogens with one attached hydrogen (secondary N) is 1. The Hall–Kier alpha value is -3.75. The van der Waals surface area contributed by atoms with Crippen molar-refractivity contribution in [2.45, 2.75) is 39.3 Å². The molecule has 1 N–H and O–H groups in total. The zero-order chi connectivity index (χ0) is 31.0. The van der Waals surface area contributed by atoms with E-state index in [4.69, 9.17) is 25.8 Å². The Kier molecular flexibility index (Phi) is 10.9. The number of carbonyl (C=O) groups is 2. The van der Waals surface area contributed by atoms with Gasteiger partial charge in [0.2, 0.25) is 17.6 Å². The first-order chi connectivity index (χ1) is 20.6. The highest BCUT2D eigenvalue weighted by Crippen LogP contribution is 2.38. The topological polar surface area (TPSA) is 80.3 Å². The molecule has 1 aliphatic rings. The molecule has 8 nitrogen and oxygen atoms in total.